The van der Waals surface area contributed by atoms with E-state index in [2.05, 4.69) is 38.1 Å². The molecular weight excluding hydrogens is 284 g/mol. The SMILES string of the molecule is C=CC(c1ccccc1)[N+](C)(C)CCNC(=O)c1ccccc1. The molecule has 3 nitrogen and oxygen atoms in total. The van der Waals surface area contributed by atoms with Crippen LogP contribution in [0.15, 0.2) is 73.3 Å². The van der Waals surface area contributed by atoms with Gasteiger partial charge in [-0.15, -0.1) is 0 Å². The van der Waals surface area contributed by atoms with Gasteiger partial charge in [0.15, 0.2) is 0 Å². The molecule has 0 saturated heterocycles. The molecule has 2 rings (SSSR count). The third-order valence-electron chi connectivity index (χ3n) is 4.13. The Labute approximate surface area is 138 Å². The molecule has 3 heteroatoms. The molecule has 1 unspecified atom stereocenters. The predicted octanol–water partition coefficient (Wildman–Crippen LogP) is 3.42. The van der Waals surface area contributed by atoms with Gasteiger partial charge in [0.25, 0.3) is 5.91 Å². The van der Waals surface area contributed by atoms with Crippen LogP contribution in [0.3, 0.4) is 0 Å². The average molecular weight is 309 g/mol. The van der Waals surface area contributed by atoms with Gasteiger partial charge < -0.3 is 9.80 Å². The zero-order valence-corrected chi connectivity index (χ0v) is 13.9. The zero-order valence-electron chi connectivity index (χ0n) is 13.9. The first-order valence-corrected chi connectivity index (χ1v) is 7.88. The topological polar surface area (TPSA) is 29.1 Å². The van der Waals surface area contributed by atoms with Crippen molar-refractivity contribution < 1.29 is 9.28 Å². The van der Waals surface area contributed by atoms with E-state index in [1.165, 1.54) is 5.56 Å². The molecule has 0 aromatic heterocycles. The van der Waals surface area contributed by atoms with Crippen molar-refractivity contribution in [2.24, 2.45) is 0 Å². The molecule has 2 aromatic rings. The van der Waals surface area contributed by atoms with Gasteiger partial charge in [-0.1, -0.05) is 55.1 Å². The first kappa shape index (κ1) is 17.0. The van der Waals surface area contributed by atoms with Crippen LogP contribution < -0.4 is 5.32 Å². The largest absolute Gasteiger partial charge is 0.346 e. The third kappa shape index (κ3) is 4.54. The molecule has 0 heterocycles. The van der Waals surface area contributed by atoms with Gasteiger partial charge in [-0.25, -0.2) is 0 Å². The maximum Gasteiger partial charge on any atom is 0.251 e. The minimum Gasteiger partial charge on any atom is -0.346 e. The molecule has 0 radical (unpaired) electrons. The lowest BCUT2D eigenvalue weighted by Gasteiger charge is -2.36. The standard InChI is InChI=1S/C20H24N2O/c1-4-19(17-11-7-5-8-12-17)22(2,3)16-15-21-20(23)18-13-9-6-10-14-18/h4-14,19H,1,15-16H2,2-3H3/p+1. The summed E-state index contributed by atoms with van der Waals surface area (Å²) in [7, 11) is 4.32. The van der Waals surface area contributed by atoms with Crippen LogP contribution in [0.4, 0.5) is 0 Å². The van der Waals surface area contributed by atoms with Crippen molar-refractivity contribution in [1.29, 1.82) is 0 Å². The van der Waals surface area contributed by atoms with Gasteiger partial charge in [0.05, 0.1) is 27.2 Å². The van der Waals surface area contributed by atoms with E-state index in [0.29, 0.717) is 12.1 Å². The second-order valence-corrected chi connectivity index (χ2v) is 6.22. The summed E-state index contributed by atoms with van der Waals surface area (Å²) in [6, 6.07) is 19.9. The van der Waals surface area contributed by atoms with E-state index < -0.39 is 0 Å². The Morgan fingerprint density at radius 3 is 2.22 bits per heavy atom. The van der Waals surface area contributed by atoms with E-state index >= 15 is 0 Å². The van der Waals surface area contributed by atoms with Crippen molar-refractivity contribution in [2.75, 3.05) is 27.2 Å². The van der Waals surface area contributed by atoms with Gasteiger partial charge in [-0.3, -0.25) is 4.79 Å². The normalized spacial score (nSPS) is 12.4. The lowest BCUT2D eigenvalue weighted by molar-refractivity contribution is -0.913. The first-order chi connectivity index (χ1) is 11.0. The Morgan fingerprint density at radius 1 is 1.09 bits per heavy atom. The number of likely N-dealkylation sites (N-methyl/N-ethyl adjacent to an activating group) is 1. The number of hydrogen-bond donors (Lipinski definition) is 1. The fourth-order valence-corrected chi connectivity index (χ4v) is 2.76. The number of nitrogens with one attached hydrogen (secondary N) is 1. The number of hydrogen-bond acceptors (Lipinski definition) is 1. The second kappa shape index (κ2) is 7.75. The summed E-state index contributed by atoms with van der Waals surface area (Å²) in [5, 5.41) is 3.00. The van der Waals surface area contributed by atoms with Crippen LogP contribution in [-0.4, -0.2) is 37.6 Å². The number of nitrogens with zero attached hydrogens (tertiary/aromatic N) is 1. The highest BCUT2D eigenvalue weighted by Gasteiger charge is 2.26. The molecule has 0 aliphatic rings. The highest BCUT2D eigenvalue weighted by molar-refractivity contribution is 5.94. The molecule has 1 atom stereocenters. The van der Waals surface area contributed by atoms with Gasteiger partial charge in [-0.2, -0.15) is 0 Å². The fourth-order valence-electron chi connectivity index (χ4n) is 2.76. The first-order valence-electron chi connectivity index (χ1n) is 7.88. The molecule has 1 N–H and O–H groups in total. The van der Waals surface area contributed by atoms with Crippen LogP contribution in [0, 0.1) is 0 Å². The lowest BCUT2D eigenvalue weighted by Crippen LogP contribution is -2.47. The fraction of sp³-hybridized carbons (Fsp3) is 0.250. The quantitative estimate of drug-likeness (QED) is 0.616. The Balaban J connectivity index is 1.95. The van der Waals surface area contributed by atoms with E-state index in [-0.39, 0.29) is 11.9 Å². The summed E-state index contributed by atoms with van der Waals surface area (Å²) < 4.78 is 0.739. The summed E-state index contributed by atoms with van der Waals surface area (Å²) in [5.41, 5.74) is 1.93. The van der Waals surface area contributed by atoms with Crippen LogP contribution >= 0.6 is 0 Å². The Morgan fingerprint density at radius 2 is 1.65 bits per heavy atom. The Hall–Kier alpha value is -2.39. The average Bonchev–Trinajstić information content (AvgIpc) is 2.56. The molecule has 2 aromatic carbocycles. The predicted molar refractivity (Wildman–Crippen MR) is 95.1 cm³/mol. The van der Waals surface area contributed by atoms with Crippen molar-refractivity contribution in [3.05, 3.63) is 84.4 Å². The maximum absolute atomic E-state index is 12.1. The second-order valence-electron chi connectivity index (χ2n) is 6.22. The minimum atomic E-state index is -0.0273. The molecule has 0 saturated carbocycles. The minimum absolute atomic E-state index is 0.0273. The smallest absolute Gasteiger partial charge is 0.251 e. The van der Waals surface area contributed by atoms with Crippen molar-refractivity contribution in [1.82, 2.24) is 5.32 Å². The highest BCUT2D eigenvalue weighted by atomic mass is 16.1. The molecule has 0 bridgehead atoms. The van der Waals surface area contributed by atoms with Crippen molar-refractivity contribution in [2.45, 2.75) is 6.04 Å². The lowest BCUT2D eigenvalue weighted by atomic mass is 10.0. The van der Waals surface area contributed by atoms with Crippen molar-refractivity contribution in [3.63, 3.8) is 0 Å². The number of carbonyl (C=O) groups is 1. The van der Waals surface area contributed by atoms with E-state index in [9.17, 15) is 4.79 Å². The monoisotopic (exact) mass is 309 g/mol. The van der Waals surface area contributed by atoms with Crippen molar-refractivity contribution in [3.8, 4) is 0 Å². The molecular formula is C20H25N2O+. The van der Waals surface area contributed by atoms with Gasteiger partial charge in [0.2, 0.25) is 0 Å². The molecule has 1 amide bonds. The van der Waals surface area contributed by atoms with Crippen LogP contribution in [0.2, 0.25) is 0 Å². The number of amides is 1. The summed E-state index contributed by atoms with van der Waals surface area (Å²) in [5.74, 6) is -0.0273. The van der Waals surface area contributed by atoms with Gasteiger partial charge >= 0.3 is 0 Å². The van der Waals surface area contributed by atoms with Gasteiger partial charge in [0, 0.05) is 11.1 Å². The number of rotatable bonds is 7. The third-order valence-corrected chi connectivity index (χ3v) is 4.13. The van der Waals surface area contributed by atoms with Gasteiger partial charge in [0.1, 0.15) is 6.04 Å². The Kier molecular flexibility index (Phi) is 5.72. The summed E-state index contributed by atoms with van der Waals surface area (Å²) in [6.07, 6.45) is 1.98. The van der Waals surface area contributed by atoms with Crippen molar-refractivity contribution >= 4 is 5.91 Å². The summed E-state index contributed by atoms with van der Waals surface area (Å²) in [4.78, 5) is 12.1. The Bertz CT molecular complexity index is 635. The number of carbonyl (C=O) groups excluding carboxylic acids is 1. The molecule has 0 spiro atoms. The summed E-state index contributed by atoms with van der Waals surface area (Å²) >= 11 is 0. The van der Waals surface area contributed by atoms with Crippen LogP contribution in [0.1, 0.15) is 22.0 Å². The molecule has 0 aliphatic heterocycles. The van der Waals surface area contributed by atoms with Crippen LogP contribution in [-0.2, 0) is 0 Å². The van der Waals surface area contributed by atoms with Gasteiger partial charge in [-0.05, 0) is 18.2 Å². The van der Waals surface area contributed by atoms with Crippen LogP contribution in [0.25, 0.3) is 0 Å². The highest BCUT2D eigenvalue weighted by Crippen LogP contribution is 2.25. The van der Waals surface area contributed by atoms with E-state index in [0.717, 1.165) is 11.0 Å². The zero-order chi connectivity index (χ0) is 16.7. The molecule has 23 heavy (non-hydrogen) atoms. The maximum atomic E-state index is 12.1. The van der Waals surface area contributed by atoms with E-state index in [4.69, 9.17) is 0 Å². The number of quaternary nitrogens is 1. The van der Waals surface area contributed by atoms with Crippen LogP contribution in [0.5, 0.6) is 0 Å². The summed E-state index contributed by atoms with van der Waals surface area (Å²) in [6.45, 7) is 5.44. The van der Waals surface area contributed by atoms with E-state index in [1.54, 1.807) is 0 Å². The molecule has 120 valence electrons. The molecule has 0 aliphatic carbocycles. The molecule has 0 fully saturated rings. The number of benzene rings is 2. The van der Waals surface area contributed by atoms with E-state index in [1.807, 2.05) is 54.6 Å².